The van der Waals surface area contributed by atoms with E-state index in [4.69, 9.17) is 10.5 Å². The summed E-state index contributed by atoms with van der Waals surface area (Å²) in [4.78, 5) is 26.2. The van der Waals surface area contributed by atoms with E-state index >= 15 is 0 Å². The normalized spacial score (nSPS) is 21.3. The molecule has 1 aliphatic carbocycles. The molecule has 2 heterocycles. The summed E-state index contributed by atoms with van der Waals surface area (Å²) in [6.45, 7) is 0.639. The lowest BCUT2D eigenvalue weighted by atomic mass is 9.93. The molecule has 33 heavy (non-hydrogen) atoms. The zero-order valence-electron chi connectivity index (χ0n) is 18.2. The predicted octanol–water partition coefficient (Wildman–Crippen LogP) is 3.72. The van der Waals surface area contributed by atoms with Crippen LogP contribution in [-0.4, -0.2) is 45.9 Å². The molecule has 2 amide bonds. The summed E-state index contributed by atoms with van der Waals surface area (Å²) in [6, 6.07) is 7.55. The van der Waals surface area contributed by atoms with Gasteiger partial charge < -0.3 is 20.7 Å². The number of nitrogens with zero attached hydrogens (tertiary/aromatic N) is 4. The number of benzene rings is 1. The van der Waals surface area contributed by atoms with E-state index in [0.717, 1.165) is 25.7 Å². The lowest BCUT2D eigenvalue weighted by Crippen LogP contribution is -2.45. The third-order valence-electron chi connectivity index (χ3n) is 6.26. The molecule has 2 atom stereocenters. The van der Waals surface area contributed by atoms with Crippen molar-refractivity contribution in [2.24, 2.45) is 11.7 Å². The highest BCUT2D eigenvalue weighted by Gasteiger charge is 2.35. The number of anilines is 2. The lowest BCUT2D eigenvalue weighted by molar-refractivity contribution is 0.0329. The molecule has 174 valence electrons. The molecule has 4 rings (SSSR count). The zero-order valence-corrected chi connectivity index (χ0v) is 18.2. The van der Waals surface area contributed by atoms with Gasteiger partial charge in [0.15, 0.2) is 5.82 Å². The Hall–Kier alpha value is -3.61. The number of halogens is 1. The number of rotatable bonds is 5. The van der Waals surface area contributed by atoms with Crippen LogP contribution in [0.3, 0.4) is 0 Å². The Balaban J connectivity index is 1.47. The summed E-state index contributed by atoms with van der Waals surface area (Å²) >= 11 is 0. The zero-order chi connectivity index (χ0) is 23.4. The third kappa shape index (κ3) is 5.25. The van der Waals surface area contributed by atoms with Gasteiger partial charge in [-0.1, -0.05) is 6.42 Å². The molecule has 0 unspecified atom stereocenters. The number of amides is 2. The minimum Gasteiger partial charge on any atom is -0.446 e. The van der Waals surface area contributed by atoms with Gasteiger partial charge in [-0.2, -0.15) is 10.4 Å². The maximum Gasteiger partial charge on any atom is 0.410 e. The summed E-state index contributed by atoms with van der Waals surface area (Å²) in [5, 5.41) is 17.2. The van der Waals surface area contributed by atoms with Crippen LogP contribution >= 0.6 is 0 Å². The average molecular weight is 455 g/mol. The van der Waals surface area contributed by atoms with Crippen LogP contribution in [0.15, 0.2) is 30.5 Å². The minimum atomic E-state index is -0.673. The molecule has 3 N–H and O–H groups in total. The van der Waals surface area contributed by atoms with Crippen LogP contribution in [-0.2, 0) is 4.74 Å². The Morgan fingerprint density at radius 3 is 2.58 bits per heavy atom. The minimum absolute atomic E-state index is 0.0474. The molecule has 10 heteroatoms. The monoisotopic (exact) mass is 454 g/mol. The van der Waals surface area contributed by atoms with Crippen molar-refractivity contribution in [2.75, 3.05) is 18.4 Å². The van der Waals surface area contributed by atoms with Crippen LogP contribution < -0.4 is 11.1 Å². The molecule has 9 nitrogen and oxygen atoms in total. The van der Waals surface area contributed by atoms with E-state index in [-0.39, 0.29) is 42.0 Å². The largest absolute Gasteiger partial charge is 0.446 e. The number of ether oxygens (including phenoxy) is 1. The highest BCUT2D eigenvalue weighted by atomic mass is 19.1. The number of piperidine rings is 1. The number of hydrogen-bond donors (Lipinski definition) is 2. The maximum absolute atomic E-state index is 13.2. The van der Waals surface area contributed by atoms with Crippen molar-refractivity contribution in [1.29, 1.82) is 5.26 Å². The van der Waals surface area contributed by atoms with Gasteiger partial charge in [-0.3, -0.25) is 9.48 Å². The molecule has 1 aliphatic heterocycles. The van der Waals surface area contributed by atoms with Gasteiger partial charge in [0.1, 0.15) is 17.5 Å². The van der Waals surface area contributed by atoms with Crippen LogP contribution in [0.1, 0.15) is 54.9 Å². The standard InChI is InChI=1S/C23H27FN6O3/c24-16-6-8-17(9-7-16)27-22-19(21(26)31)14-30(28-22)20-10-11-29(13-15(20)12-25)23(32)33-18-4-2-1-3-5-18/h6-9,14-15,18,20H,1-5,10-11,13H2,(H2,26,31)(H,27,28)/t15-,20-/m0/s1. The van der Waals surface area contributed by atoms with Crippen molar-refractivity contribution in [1.82, 2.24) is 14.7 Å². The van der Waals surface area contributed by atoms with E-state index in [0.29, 0.717) is 18.7 Å². The van der Waals surface area contributed by atoms with Crippen molar-refractivity contribution in [2.45, 2.75) is 50.7 Å². The van der Waals surface area contributed by atoms with Crippen molar-refractivity contribution < 1.29 is 18.7 Å². The molecule has 1 saturated heterocycles. The molecular weight excluding hydrogens is 427 g/mol. The van der Waals surface area contributed by atoms with Crippen LogP contribution in [0.25, 0.3) is 0 Å². The predicted molar refractivity (Wildman–Crippen MR) is 118 cm³/mol. The number of likely N-dealkylation sites (tertiary alicyclic amines) is 1. The number of carbonyl (C=O) groups is 2. The molecular formula is C23H27FN6O3. The fourth-order valence-corrected chi connectivity index (χ4v) is 4.45. The fourth-order valence-electron chi connectivity index (χ4n) is 4.45. The smallest absolute Gasteiger partial charge is 0.410 e. The molecule has 2 aliphatic rings. The number of primary amides is 1. The van der Waals surface area contributed by atoms with Crippen molar-refractivity contribution >= 4 is 23.5 Å². The number of nitriles is 1. The molecule has 2 aromatic rings. The second-order valence-electron chi connectivity index (χ2n) is 8.55. The molecule has 1 saturated carbocycles. The first-order chi connectivity index (χ1) is 15.9. The Morgan fingerprint density at radius 2 is 1.91 bits per heavy atom. The molecule has 0 radical (unpaired) electrons. The number of nitrogens with one attached hydrogen (secondary N) is 1. The van der Waals surface area contributed by atoms with Crippen LogP contribution in [0.4, 0.5) is 20.7 Å². The number of hydrogen-bond acceptors (Lipinski definition) is 6. The van der Waals surface area contributed by atoms with E-state index in [2.05, 4.69) is 16.5 Å². The van der Waals surface area contributed by atoms with Crippen LogP contribution in [0, 0.1) is 23.1 Å². The van der Waals surface area contributed by atoms with Gasteiger partial charge in [0.2, 0.25) is 0 Å². The number of carbonyl (C=O) groups excluding carboxylic acids is 2. The summed E-state index contributed by atoms with van der Waals surface area (Å²) in [5.74, 6) is -1.36. The lowest BCUT2D eigenvalue weighted by Gasteiger charge is -2.35. The van der Waals surface area contributed by atoms with Crippen molar-refractivity contribution in [3.63, 3.8) is 0 Å². The molecule has 0 bridgehead atoms. The van der Waals surface area contributed by atoms with Gasteiger partial charge in [-0.15, -0.1) is 0 Å². The number of nitrogens with two attached hydrogens (primary N) is 1. The van der Waals surface area contributed by atoms with Gasteiger partial charge in [-0.25, -0.2) is 9.18 Å². The first-order valence-electron chi connectivity index (χ1n) is 11.2. The second-order valence-corrected chi connectivity index (χ2v) is 8.55. The fraction of sp³-hybridized carbons (Fsp3) is 0.478. The highest BCUT2D eigenvalue weighted by Crippen LogP contribution is 2.31. The summed E-state index contributed by atoms with van der Waals surface area (Å²) < 4.78 is 20.4. The summed E-state index contributed by atoms with van der Waals surface area (Å²) in [7, 11) is 0. The summed E-state index contributed by atoms with van der Waals surface area (Å²) in [6.07, 6.45) is 6.64. The van der Waals surface area contributed by atoms with Gasteiger partial charge in [-0.05, 0) is 56.4 Å². The molecule has 0 spiro atoms. The average Bonchev–Trinajstić information content (AvgIpc) is 3.24. The molecule has 1 aromatic heterocycles. The van der Waals surface area contributed by atoms with Crippen molar-refractivity contribution in [3.8, 4) is 6.07 Å². The Bertz CT molecular complexity index is 1040. The molecule has 1 aromatic carbocycles. The van der Waals surface area contributed by atoms with Crippen LogP contribution in [0.2, 0.25) is 0 Å². The first-order valence-corrected chi connectivity index (χ1v) is 11.2. The van der Waals surface area contributed by atoms with E-state index < -0.39 is 11.8 Å². The van der Waals surface area contributed by atoms with Gasteiger partial charge in [0.05, 0.1) is 18.0 Å². The number of aromatic nitrogens is 2. The van der Waals surface area contributed by atoms with Gasteiger partial charge in [0.25, 0.3) is 5.91 Å². The molecule has 2 fully saturated rings. The van der Waals surface area contributed by atoms with Gasteiger partial charge >= 0.3 is 6.09 Å². The maximum atomic E-state index is 13.2. The van der Waals surface area contributed by atoms with Crippen molar-refractivity contribution in [3.05, 3.63) is 41.8 Å². The van der Waals surface area contributed by atoms with E-state index in [1.54, 1.807) is 9.58 Å². The van der Waals surface area contributed by atoms with E-state index in [1.165, 1.54) is 36.9 Å². The van der Waals surface area contributed by atoms with E-state index in [9.17, 15) is 19.2 Å². The topological polar surface area (TPSA) is 126 Å². The SMILES string of the molecule is N#C[C@H]1CN(C(=O)OC2CCCCC2)CC[C@@H]1n1cc(C(N)=O)c(Nc2ccc(F)cc2)n1. The third-order valence-corrected chi connectivity index (χ3v) is 6.26. The quantitative estimate of drug-likeness (QED) is 0.709. The second kappa shape index (κ2) is 9.90. The van der Waals surface area contributed by atoms with Crippen LogP contribution in [0.5, 0.6) is 0 Å². The Morgan fingerprint density at radius 1 is 1.18 bits per heavy atom. The highest BCUT2D eigenvalue weighted by molar-refractivity contribution is 5.98. The Labute approximate surface area is 191 Å². The summed E-state index contributed by atoms with van der Waals surface area (Å²) in [5.41, 5.74) is 6.23. The first kappa shape index (κ1) is 22.6. The van der Waals surface area contributed by atoms with Gasteiger partial charge in [0, 0.05) is 25.0 Å². The Kier molecular flexibility index (Phi) is 6.77. The van der Waals surface area contributed by atoms with E-state index in [1.807, 2.05) is 0 Å².